The fourth-order valence-electron chi connectivity index (χ4n) is 2.11. The van der Waals surface area contributed by atoms with Crippen LogP contribution in [0.1, 0.15) is 6.42 Å². The van der Waals surface area contributed by atoms with Crippen molar-refractivity contribution in [1.29, 1.82) is 0 Å². The van der Waals surface area contributed by atoms with Crippen molar-refractivity contribution >= 4 is 23.6 Å². The topological polar surface area (TPSA) is 101 Å². The zero-order valence-electron chi connectivity index (χ0n) is 10.5. The van der Waals surface area contributed by atoms with E-state index < -0.39 is 12.1 Å². The summed E-state index contributed by atoms with van der Waals surface area (Å²) in [5.41, 5.74) is 0.604. The molecule has 1 amide bonds. The Morgan fingerprint density at radius 2 is 2.30 bits per heavy atom. The number of rotatable bonds is 3. The molecule has 8 heteroatoms. The quantitative estimate of drug-likeness (QED) is 0.758. The van der Waals surface area contributed by atoms with Gasteiger partial charge in [-0.2, -0.15) is 4.98 Å². The number of ether oxygens (including phenoxy) is 2. The molecule has 1 atom stereocenters. The highest BCUT2D eigenvalue weighted by atomic mass is 16.6. The van der Waals surface area contributed by atoms with E-state index in [0.29, 0.717) is 24.5 Å². The maximum Gasteiger partial charge on any atom is 0.415 e. The molecule has 0 aliphatic carbocycles. The molecule has 20 heavy (non-hydrogen) atoms. The predicted molar refractivity (Wildman–Crippen MR) is 67.7 cm³/mol. The van der Waals surface area contributed by atoms with E-state index in [1.165, 1.54) is 4.90 Å². The third-order valence-corrected chi connectivity index (χ3v) is 3.08. The number of carbonyl (C=O) groups is 2. The van der Waals surface area contributed by atoms with E-state index in [1.54, 1.807) is 12.1 Å². The Morgan fingerprint density at radius 3 is 3.10 bits per heavy atom. The molecule has 0 spiro atoms. The SMILES string of the molecule is O=C1CNc2ccc(N3CC(CCO)OC3=O)nc2O1. The van der Waals surface area contributed by atoms with Gasteiger partial charge in [0.05, 0.1) is 12.2 Å². The normalized spacial score (nSPS) is 21.1. The van der Waals surface area contributed by atoms with Crippen LogP contribution < -0.4 is 15.0 Å². The molecule has 3 heterocycles. The largest absolute Gasteiger partial charge is 0.444 e. The summed E-state index contributed by atoms with van der Waals surface area (Å²) in [5, 5.41) is 11.7. The number of hydrogen-bond acceptors (Lipinski definition) is 7. The first-order chi connectivity index (χ1) is 9.67. The van der Waals surface area contributed by atoms with Gasteiger partial charge >= 0.3 is 12.1 Å². The van der Waals surface area contributed by atoms with Crippen LogP contribution in [0.15, 0.2) is 12.1 Å². The molecule has 1 saturated heterocycles. The first-order valence-corrected chi connectivity index (χ1v) is 6.22. The van der Waals surface area contributed by atoms with Crippen molar-refractivity contribution < 1.29 is 24.2 Å². The molecule has 1 fully saturated rings. The minimum atomic E-state index is -0.522. The number of pyridine rings is 1. The highest BCUT2D eigenvalue weighted by Gasteiger charge is 2.33. The molecule has 1 unspecified atom stereocenters. The summed E-state index contributed by atoms with van der Waals surface area (Å²) >= 11 is 0. The lowest BCUT2D eigenvalue weighted by atomic mass is 10.2. The van der Waals surface area contributed by atoms with Gasteiger partial charge in [0.15, 0.2) is 0 Å². The average Bonchev–Trinajstić information content (AvgIpc) is 2.79. The molecule has 2 aliphatic rings. The number of carbonyl (C=O) groups excluding carboxylic acids is 2. The van der Waals surface area contributed by atoms with Gasteiger partial charge in [-0.25, -0.2) is 9.59 Å². The van der Waals surface area contributed by atoms with Gasteiger partial charge < -0.3 is 19.9 Å². The molecule has 0 bridgehead atoms. The molecule has 2 N–H and O–H groups in total. The maximum absolute atomic E-state index is 11.8. The van der Waals surface area contributed by atoms with E-state index in [4.69, 9.17) is 14.6 Å². The summed E-state index contributed by atoms with van der Waals surface area (Å²) in [5.74, 6) is 0.0761. The molecule has 2 aliphatic heterocycles. The summed E-state index contributed by atoms with van der Waals surface area (Å²) < 4.78 is 10.1. The molecule has 3 rings (SSSR count). The lowest BCUT2D eigenvalue weighted by Crippen LogP contribution is -2.28. The van der Waals surface area contributed by atoms with Crippen LogP contribution in [0.2, 0.25) is 0 Å². The fraction of sp³-hybridized carbons (Fsp3) is 0.417. The van der Waals surface area contributed by atoms with Gasteiger partial charge in [0.2, 0.25) is 5.88 Å². The van der Waals surface area contributed by atoms with Crippen LogP contribution in [-0.2, 0) is 9.53 Å². The zero-order valence-corrected chi connectivity index (χ0v) is 10.5. The van der Waals surface area contributed by atoms with Gasteiger partial charge in [-0.1, -0.05) is 0 Å². The van der Waals surface area contributed by atoms with E-state index in [0.717, 1.165) is 0 Å². The van der Waals surface area contributed by atoms with E-state index in [-0.39, 0.29) is 25.1 Å². The molecule has 106 valence electrons. The van der Waals surface area contributed by atoms with Crippen LogP contribution in [0.4, 0.5) is 16.3 Å². The third-order valence-electron chi connectivity index (χ3n) is 3.08. The van der Waals surface area contributed by atoms with E-state index in [9.17, 15) is 9.59 Å². The summed E-state index contributed by atoms with van der Waals surface area (Å²) in [4.78, 5) is 28.5. The zero-order chi connectivity index (χ0) is 14.1. The standard InChI is InChI=1S/C12H13N3O5/c16-4-3-7-6-15(12(18)19-7)9-2-1-8-11(14-9)20-10(17)5-13-8/h1-2,7,13,16H,3-6H2. The smallest absolute Gasteiger partial charge is 0.415 e. The van der Waals surface area contributed by atoms with Crippen molar-refractivity contribution in [2.24, 2.45) is 0 Å². The fourth-order valence-corrected chi connectivity index (χ4v) is 2.11. The van der Waals surface area contributed by atoms with Crippen LogP contribution in [0.25, 0.3) is 0 Å². The second kappa shape index (κ2) is 4.97. The monoisotopic (exact) mass is 279 g/mol. The number of nitrogens with one attached hydrogen (secondary N) is 1. The van der Waals surface area contributed by atoms with Crippen molar-refractivity contribution in [3.05, 3.63) is 12.1 Å². The van der Waals surface area contributed by atoms with Gasteiger partial charge in [0.25, 0.3) is 0 Å². The van der Waals surface area contributed by atoms with Crippen molar-refractivity contribution in [2.45, 2.75) is 12.5 Å². The number of cyclic esters (lactones) is 1. The third kappa shape index (κ3) is 2.25. The van der Waals surface area contributed by atoms with Crippen LogP contribution in [0.3, 0.4) is 0 Å². The Bertz CT molecular complexity index is 562. The van der Waals surface area contributed by atoms with Crippen LogP contribution >= 0.6 is 0 Å². The summed E-state index contributed by atoms with van der Waals surface area (Å²) in [6, 6.07) is 3.34. The van der Waals surface area contributed by atoms with Crippen molar-refractivity contribution in [1.82, 2.24) is 4.98 Å². The number of aliphatic hydroxyl groups is 1. The van der Waals surface area contributed by atoms with E-state index in [1.807, 2.05) is 0 Å². The number of esters is 1. The van der Waals surface area contributed by atoms with Gasteiger partial charge in [0, 0.05) is 13.0 Å². The van der Waals surface area contributed by atoms with Gasteiger partial charge in [0.1, 0.15) is 18.5 Å². The number of amides is 1. The summed E-state index contributed by atoms with van der Waals surface area (Å²) in [7, 11) is 0. The molecule has 1 aromatic rings. The minimum absolute atomic E-state index is 0.0507. The highest BCUT2D eigenvalue weighted by Crippen LogP contribution is 2.30. The van der Waals surface area contributed by atoms with Gasteiger partial charge in [-0.05, 0) is 12.1 Å². The Morgan fingerprint density at radius 1 is 1.45 bits per heavy atom. The van der Waals surface area contributed by atoms with Gasteiger partial charge in [-0.3, -0.25) is 4.90 Å². The number of fused-ring (bicyclic) bond motifs is 1. The first kappa shape index (κ1) is 12.7. The van der Waals surface area contributed by atoms with Crippen LogP contribution in [0.5, 0.6) is 5.88 Å². The van der Waals surface area contributed by atoms with E-state index in [2.05, 4.69) is 10.3 Å². The van der Waals surface area contributed by atoms with Crippen molar-refractivity contribution in [3.8, 4) is 5.88 Å². The Labute approximate surface area is 114 Å². The Balaban J connectivity index is 1.82. The lowest BCUT2D eigenvalue weighted by Gasteiger charge is -2.19. The van der Waals surface area contributed by atoms with Crippen molar-refractivity contribution in [2.75, 3.05) is 29.9 Å². The second-order valence-corrected chi connectivity index (χ2v) is 4.48. The lowest BCUT2D eigenvalue weighted by molar-refractivity contribution is -0.133. The summed E-state index contributed by atoms with van der Waals surface area (Å²) in [6.07, 6.45) is -0.499. The van der Waals surface area contributed by atoms with Gasteiger partial charge in [-0.15, -0.1) is 0 Å². The number of anilines is 2. The minimum Gasteiger partial charge on any atom is -0.444 e. The van der Waals surface area contributed by atoms with E-state index >= 15 is 0 Å². The molecular weight excluding hydrogens is 266 g/mol. The average molecular weight is 279 g/mol. The molecular formula is C12H13N3O5. The molecule has 0 aromatic carbocycles. The number of aliphatic hydroxyl groups excluding tert-OH is 1. The number of aromatic nitrogens is 1. The maximum atomic E-state index is 11.8. The second-order valence-electron chi connectivity index (χ2n) is 4.48. The highest BCUT2D eigenvalue weighted by molar-refractivity contribution is 5.89. The Kier molecular flexibility index (Phi) is 3.15. The number of nitrogens with zero attached hydrogens (tertiary/aromatic N) is 2. The predicted octanol–water partition coefficient (Wildman–Crippen LogP) is 0.120. The Hall–Kier alpha value is -2.35. The molecule has 8 nitrogen and oxygen atoms in total. The molecule has 1 aromatic heterocycles. The first-order valence-electron chi connectivity index (χ1n) is 6.22. The number of hydrogen-bond donors (Lipinski definition) is 2. The molecule has 0 radical (unpaired) electrons. The molecule has 0 saturated carbocycles. The summed E-state index contributed by atoms with van der Waals surface area (Å²) in [6.45, 7) is 0.357. The van der Waals surface area contributed by atoms with Crippen LogP contribution in [0, 0.1) is 0 Å². The van der Waals surface area contributed by atoms with Crippen molar-refractivity contribution in [3.63, 3.8) is 0 Å². The van der Waals surface area contributed by atoms with Crippen LogP contribution in [-0.4, -0.2) is 48.0 Å².